The molecule has 6 nitrogen and oxygen atoms in total. The summed E-state index contributed by atoms with van der Waals surface area (Å²) in [6.45, 7) is 0.0115. The van der Waals surface area contributed by atoms with E-state index in [9.17, 15) is 9.59 Å². The highest BCUT2D eigenvalue weighted by molar-refractivity contribution is 9.10. The monoisotopic (exact) mass is 364 g/mol. The summed E-state index contributed by atoms with van der Waals surface area (Å²) in [4.78, 5) is 23.9. The van der Waals surface area contributed by atoms with Crippen LogP contribution in [0, 0.1) is 0 Å². The maximum absolute atomic E-state index is 12.0. The zero-order valence-corrected chi connectivity index (χ0v) is 13.1. The quantitative estimate of drug-likeness (QED) is 0.812. The van der Waals surface area contributed by atoms with Gasteiger partial charge in [0.15, 0.2) is 0 Å². The highest BCUT2D eigenvalue weighted by Crippen LogP contribution is 2.30. The smallest absolute Gasteiger partial charge is 0.323 e. The van der Waals surface area contributed by atoms with Gasteiger partial charge in [-0.25, -0.2) is 4.79 Å². The molecule has 110 valence electrons. The Balaban J connectivity index is 2.79. The summed E-state index contributed by atoms with van der Waals surface area (Å²) >= 11 is 9.17. The van der Waals surface area contributed by atoms with Crippen molar-refractivity contribution in [1.29, 1.82) is 0 Å². The highest BCUT2D eigenvalue weighted by Gasteiger charge is 2.17. The number of carbonyl (C=O) groups excluding carboxylic acids is 1. The molecule has 0 saturated heterocycles. The van der Waals surface area contributed by atoms with Crippen LogP contribution in [0.25, 0.3) is 0 Å². The van der Waals surface area contributed by atoms with Gasteiger partial charge in [-0.15, -0.1) is 0 Å². The molecule has 0 fully saturated rings. The summed E-state index contributed by atoms with van der Waals surface area (Å²) in [5.74, 6) is -1.10. The lowest BCUT2D eigenvalue weighted by molar-refractivity contribution is -0.137. The van der Waals surface area contributed by atoms with Crippen molar-refractivity contribution < 1.29 is 19.4 Å². The third kappa shape index (κ3) is 4.99. The minimum absolute atomic E-state index is 0.173. The zero-order valence-electron chi connectivity index (χ0n) is 10.7. The lowest BCUT2D eigenvalue weighted by Crippen LogP contribution is -2.40. The molecule has 1 aromatic rings. The molecule has 2 amide bonds. The fraction of sp³-hybridized carbons (Fsp3) is 0.333. The molecule has 1 aromatic carbocycles. The number of amides is 2. The van der Waals surface area contributed by atoms with Gasteiger partial charge >= 0.3 is 12.0 Å². The van der Waals surface area contributed by atoms with Crippen molar-refractivity contribution in [3.05, 3.63) is 27.7 Å². The summed E-state index contributed by atoms with van der Waals surface area (Å²) < 4.78 is 5.39. The molecule has 8 heteroatoms. The number of halogens is 2. The number of nitrogens with zero attached hydrogens (tertiary/aromatic N) is 1. The van der Waals surface area contributed by atoms with Gasteiger partial charge in [0.1, 0.15) is 6.54 Å². The molecule has 0 aliphatic rings. The van der Waals surface area contributed by atoms with E-state index in [0.29, 0.717) is 15.2 Å². The Morgan fingerprint density at radius 2 is 2.20 bits per heavy atom. The van der Waals surface area contributed by atoms with E-state index < -0.39 is 18.5 Å². The van der Waals surface area contributed by atoms with Crippen LogP contribution < -0.4 is 5.32 Å². The molecular formula is C12H14BrClN2O4. The Bertz CT molecular complexity index is 498. The predicted octanol–water partition coefficient (Wildman–Crippen LogP) is 2.67. The van der Waals surface area contributed by atoms with E-state index in [1.54, 1.807) is 18.2 Å². The van der Waals surface area contributed by atoms with Gasteiger partial charge in [0.05, 0.1) is 21.8 Å². The Hall–Kier alpha value is -1.31. The zero-order chi connectivity index (χ0) is 15.1. The van der Waals surface area contributed by atoms with E-state index in [1.807, 2.05) is 0 Å². The van der Waals surface area contributed by atoms with Gasteiger partial charge in [0.2, 0.25) is 0 Å². The van der Waals surface area contributed by atoms with Crippen LogP contribution in [0.15, 0.2) is 22.7 Å². The maximum atomic E-state index is 12.0. The molecule has 0 heterocycles. The number of aliphatic carboxylic acids is 1. The van der Waals surface area contributed by atoms with Crippen molar-refractivity contribution in [2.45, 2.75) is 0 Å². The molecule has 0 bridgehead atoms. The first kappa shape index (κ1) is 16.7. The van der Waals surface area contributed by atoms with Gasteiger partial charge in [-0.3, -0.25) is 4.79 Å². The van der Waals surface area contributed by atoms with Crippen molar-refractivity contribution in [2.24, 2.45) is 0 Å². The van der Waals surface area contributed by atoms with Crippen molar-refractivity contribution >= 4 is 45.2 Å². The maximum Gasteiger partial charge on any atom is 0.323 e. The molecule has 0 saturated carbocycles. The number of ether oxygens (including phenoxy) is 1. The number of anilines is 1. The third-order valence-corrected chi connectivity index (χ3v) is 3.77. The van der Waals surface area contributed by atoms with Crippen LogP contribution in [0.1, 0.15) is 0 Å². The minimum Gasteiger partial charge on any atom is -0.480 e. The van der Waals surface area contributed by atoms with Gasteiger partial charge in [0.25, 0.3) is 0 Å². The van der Waals surface area contributed by atoms with Crippen LogP contribution in [0.2, 0.25) is 5.02 Å². The number of nitrogens with one attached hydrogen (secondary N) is 1. The lowest BCUT2D eigenvalue weighted by Gasteiger charge is -2.21. The largest absolute Gasteiger partial charge is 0.480 e. The van der Waals surface area contributed by atoms with Gasteiger partial charge in [-0.05, 0) is 28.1 Å². The van der Waals surface area contributed by atoms with E-state index >= 15 is 0 Å². The van der Waals surface area contributed by atoms with Crippen molar-refractivity contribution in [1.82, 2.24) is 4.90 Å². The fourth-order valence-corrected chi connectivity index (χ4v) is 1.95. The van der Waals surface area contributed by atoms with Crippen LogP contribution in [-0.2, 0) is 9.53 Å². The van der Waals surface area contributed by atoms with Crippen LogP contribution in [0.3, 0.4) is 0 Å². The molecule has 1 rings (SSSR count). The number of hydrogen-bond donors (Lipinski definition) is 2. The van der Waals surface area contributed by atoms with Crippen molar-refractivity contribution in [3.8, 4) is 0 Å². The Kier molecular flexibility index (Phi) is 6.77. The Morgan fingerprint density at radius 3 is 2.80 bits per heavy atom. The summed E-state index contributed by atoms with van der Waals surface area (Å²) in [6.07, 6.45) is 0. The number of carbonyl (C=O) groups is 2. The molecule has 0 aliphatic carbocycles. The molecule has 0 unspecified atom stereocenters. The second kappa shape index (κ2) is 8.08. The average molecular weight is 366 g/mol. The molecule has 0 aliphatic heterocycles. The van der Waals surface area contributed by atoms with Crippen molar-refractivity contribution in [2.75, 3.05) is 32.1 Å². The van der Waals surface area contributed by atoms with E-state index in [2.05, 4.69) is 21.2 Å². The minimum atomic E-state index is -1.10. The SMILES string of the molecule is COCCN(CC(=O)O)C(=O)Nc1cccc(Cl)c1Br. The number of hydrogen-bond acceptors (Lipinski definition) is 3. The first-order valence-corrected chi connectivity index (χ1v) is 6.83. The second-order valence-corrected chi connectivity index (χ2v) is 5.04. The van der Waals surface area contributed by atoms with Crippen molar-refractivity contribution in [3.63, 3.8) is 0 Å². The summed E-state index contributed by atoms with van der Waals surface area (Å²) in [5, 5.41) is 11.9. The number of methoxy groups -OCH3 is 1. The summed E-state index contributed by atoms with van der Waals surface area (Å²) in [7, 11) is 1.48. The van der Waals surface area contributed by atoms with E-state index in [0.717, 1.165) is 4.90 Å². The average Bonchev–Trinajstić information content (AvgIpc) is 2.39. The van der Waals surface area contributed by atoms with E-state index in [4.69, 9.17) is 21.4 Å². The van der Waals surface area contributed by atoms with Crippen LogP contribution in [0.4, 0.5) is 10.5 Å². The molecule has 2 N–H and O–H groups in total. The van der Waals surface area contributed by atoms with Crippen LogP contribution in [0.5, 0.6) is 0 Å². The van der Waals surface area contributed by atoms with Crippen LogP contribution in [-0.4, -0.2) is 48.8 Å². The molecule has 0 spiro atoms. The second-order valence-electron chi connectivity index (χ2n) is 3.84. The van der Waals surface area contributed by atoms with Gasteiger partial charge in [-0.1, -0.05) is 17.7 Å². The number of carboxylic acids is 1. The van der Waals surface area contributed by atoms with Gasteiger partial charge < -0.3 is 20.1 Å². The number of carboxylic acid groups (broad SMARTS) is 1. The predicted molar refractivity (Wildman–Crippen MR) is 79.3 cm³/mol. The molecule has 0 aromatic heterocycles. The number of urea groups is 1. The molecule has 20 heavy (non-hydrogen) atoms. The Labute approximate surface area is 129 Å². The lowest BCUT2D eigenvalue weighted by atomic mass is 10.3. The Morgan fingerprint density at radius 1 is 1.50 bits per heavy atom. The highest BCUT2D eigenvalue weighted by atomic mass is 79.9. The summed E-state index contributed by atoms with van der Waals surface area (Å²) in [5.41, 5.74) is 0.468. The van der Waals surface area contributed by atoms with E-state index in [1.165, 1.54) is 7.11 Å². The normalized spacial score (nSPS) is 10.2. The topological polar surface area (TPSA) is 78.9 Å². The third-order valence-electron chi connectivity index (χ3n) is 2.37. The van der Waals surface area contributed by atoms with Gasteiger partial charge in [0, 0.05) is 13.7 Å². The number of rotatable bonds is 6. The fourth-order valence-electron chi connectivity index (χ4n) is 1.41. The molecular weight excluding hydrogens is 351 g/mol. The van der Waals surface area contributed by atoms with E-state index in [-0.39, 0.29) is 13.2 Å². The first-order valence-electron chi connectivity index (χ1n) is 5.66. The molecule has 0 atom stereocenters. The standard InChI is InChI=1S/C12H14BrClN2O4/c1-20-6-5-16(7-10(17)18)12(19)15-9-4-2-3-8(14)11(9)13/h2-4H,5-7H2,1H3,(H,15,19)(H,17,18). The molecule has 0 radical (unpaired) electrons. The van der Waals surface area contributed by atoms with Crippen LogP contribution >= 0.6 is 27.5 Å². The number of benzene rings is 1. The summed E-state index contributed by atoms with van der Waals surface area (Å²) in [6, 6.07) is 4.47. The van der Waals surface area contributed by atoms with Gasteiger partial charge in [-0.2, -0.15) is 0 Å². The first-order chi connectivity index (χ1) is 9.45.